The molecule has 3 amide bonds. The molecule has 1 spiro atoms. The van der Waals surface area contributed by atoms with Crippen molar-refractivity contribution in [3.63, 3.8) is 0 Å². The summed E-state index contributed by atoms with van der Waals surface area (Å²) in [5.41, 5.74) is -1.22. The fourth-order valence-electron chi connectivity index (χ4n) is 6.41. The highest BCUT2D eigenvalue weighted by molar-refractivity contribution is 6.00. The first kappa shape index (κ1) is 25.9. The number of unbranched alkanes of at least 4 members (excludes halogenated alkanes) is 1. The molecule has 8 nitrogen and oxygen atoms in total. The molecule has 4 rings (SSSR count). The van der Waals surface area contributed by atoms with Gasteiger partial charge in [0.15, 0.2) is 0 Å². The number of hydrogen-bond donors (Lipinski definition) is 1. The number of ether oxygens (including phenoxy) is 1. The summed E-state index contributed by atoms with van der Waals surface area (Å²) >= 11 is 0. The van der Waals surface area contributed by atoms with Crippen molar-refractivity contribution in [2.24, 2.45) is 17.8 Å². The van der Waals surface area contributed by atoms with E-state index in [1.165, 1.54) is 0 Å². The highest BCUT2D eigenvalue weighted by atomic mass is 16.5. The first-order valence-corrected chi connectivity index (χ1v) is 13.3. The highest BCUT2D eigenvalue weighted by Crippen LogP contribution is 2.54. The summed E-state index contributed by atoms with van der Waals surface area (Å²) in [6.07, 6.45) is 10.3. The van der Waals surface area contributed by atoms with Crippen molar-refractivity contribution in [1.82, 2.24) is 14.7 Å². The summed E-state index contributed by atoms with van der Waals surface area (Å²) in [5, 5.41) is 10.3. The number of hydrogen-bond acceptors (Lipinski definition) is 5. The Hall–Kier alpha value is -2.19. The van der Waals surface area contributed by atoms with Crippen LogP contribution in [0.1, 0.15) is 53.4 Å². The predicted molar refractivity (Wildman–Crippen MR) is 132 cm³/mol. The normalized spacial score (nSPS) is 33.2. The van der Waals surface area contributed by atoms with Crippen LogP contribution < -0.4 is 0 Å². The van der Waals surface area contributed by atoms with E-state index in [0.29, 0.717) is 32.6 Å². The third-order valence-corrected chi connectivity index (χ3v) is 7.89. The van der Waals surface area contributed by atoms with Gasteiger partial charge >= 0.3 is 0 Å². The first-order chi connectivity index (χ1) is 16.8. The topological polar surface area (TPSA) is 90.4 Å². The molecule has 0 bridgehead atoms. The van der Waals surface area contributed by atoms with Crippen LogP contribution in [0.3, 0.4) is 0 Å². The fraction of sp³-hybridized carbons (Fsp3) is 0.741. The van der Waals surface area contributed by atoms with Gasteiger partial charge in [0, 0.05) is 26.2 Å². The molecule has 8 heteroatoms. The SMILES string of the molecule is CCCCN1CC=C[C@]23O[C@@H]4C=CCN(CCC)C(=O)[C@@H]4[C@H]2C(=O)N([C@@H](CO)CC(C)C)C3C1=O. The fourth-order valence-corrected chi connectivity index (χ4v) is 6.41. The average molecular weight is 488 g/mol. The summed E-state index contributed by atoms with van der Waals surface area (Å²) in [6.45, 7) is 10.1. The van der Waals surface area contributed by atoms with Crippen LogP contribution in [0.2, 0.25) is 0 Å². The molecular formula is C27H41N3O5. The van der Waals surface area contributed by atoms with Gasteiger partial charge in [-0.15, -0.1) is 0 Å². The van der Waals surface area contributed by atoms with Gasteiger partial charge < -0.3 is 24.5 Å². The van der Waals surface area contributed by atoms with Crippen LogP contribution in [-0.4, -0.2) is 94.1 Å². The zero-order valence-corrected chi connectivity index (χ0v) is 21.6. The second-order valence-electron chi connectivity index (χ2n) is 10.8. The molecule has 4 aliphatic heterocycles. The molecule has 0 aliphatic carbocycles. The highest BCUT2D eigenvalue weighted by Gasteiger charge is 2.72. The maximum atomic E-state index is 14.2. The Morgan fingerprint density at radius 3 is 2.40 bits per heavy atom. The van der Waals surface area contributed by atoms with Crippen LogP contribution in [0, 0.1) is 17.8 Å². The minimum Gasteiger partial charge on any atom is -0.394 e. The van der Waals surface area contributed by atoms with E-state index in [9.17, 15) is 19.5 Å². The molecule has 194 valence electrons. The van der Waals surface area contributed by atoms with Crippen molar-refractivity contribution in [2.75, 3.05) is 32.8 Å². The number of rotatable bonds is 9. The van der Waals surface area contributed by atoms with E-state index in [1.54, 1.807) is 14.7 Å². The standard InChI is InChI=1S/C27H41N3O5/c1-5-7-13-29-15-9-11-27-22(21-20(35-27)10-8-14-28(12-6-2)24(21)32)25(33)30(23(27)26(29)34)19(17-31)16-18(3)4/h8-11,18-23,31H,5-7,12-17H2,1-4H3/t19-,20-,21+,22+,23?,27+/m1/s1. The maximum Gasteiger partial charge on any atom is 0.249 e. The smallest absolute Gasteiger partial charge is 0.249 e. The number of nitrogens with zero attached hydrogens (tertiary/aromatic N) is 3. The molecule has 0 saturated carbocycles. The quantitative estimate of drug-likeness (QED) is 0.503. The Labute approximate surface area is 208 Å². The molecule has 1 unspecified atom stereocenters. The number of amides is 3. The summed E-state index contributed by atoms with van der Waals surface area (Å²) in [5.74, 6) is -1.74. The molecule has 35 heavy (non-hydrogen) atoms. The Bertz CT molecular complexity index is 886. The molecule has 4 aliphatic rings. The minimum atomic E-state index is -1.22. The molecule has 2 saturated heterocycles. The first-order valence-electron chi connectivity index (χ1n) is 13.3. The van der Waals surface area contributed by atoms with Gasteiger partial charge in [-0.2, -0.15) is 0 Å². The lowest BCUT2D eigenvalue weighted by atomic mass is 9.77. The van der Waals surface area contributed by atoms with Crippen LogP contribution >= 0.6 is 0 Å². The molecule has 0 aromatic carbocycles. The maximum absolute atomic E-state index is 14.2. The van der Waals surface area contributed by atoms with E-state index >= 15 is 0 Å². The molecule has 1 N–H and O–H groups in total. The third-order valence-electron chi connectivity index (χ3n) is 7.89. The largest absolute Gasteiger partial charge is 0.394 e. The van der Waals surface area contributed by atoms with Crippen LogP contribution in [0.15, 0.2) is 24.3 Å². The van der Waals surface area contributed by atoms with Crippen LogP contribution in [0.4, 0.5) is 0 Å². The van der Waals surface area contributed by atoms with Gasteiger partial charge in [0.1, 0.15) is 11.6 Å². The second kappa shape index (κ2) is 10.4. The van der Waals surface area contributed by atoms with Crippen molar-refractivity contribution >= 4 is 17.7 Å². The van der Waals surface area contributed by atoms with E-state index in [-0.39, 0.29) is 30.2 Å². The monoisotopic (exact) mass is 487 g/mol. The van der Waals surface area contributed by atoms with Crippen LogP contribution in [-0.2, 0) is 19.1 Å². The predicted octanol–water partition coefficient (Wildman–Crippen LogP) is 1.98. The van der Waals surface area contributed by atoms with Crippen molar-refractivity contribution < 1.29 is 24.2 Å². The number of likely N-dealkylation sites (tertiary alicyclic amines) is 1. The summed E-state index contributed by atoms with van der Waals surface area (Å²) in [4.78, 5) is 47.2. The molecule has 0 aromatic heterocycles. The zero-order chi connectivity index (χ0) is 25.3. The van der Waals surface area contributed by atoms with E-state index in [2.05, 4.69) is 6.92 Å². The van der Waals surface area contributed by atoms with Crippen molar-refractivity contribution in [2.45, 2.75) is 77.2 Å². The molecule has 2 fully saturated rings. The Morgan fingerprint density at radius 1 is 1.03 bits per heavy atom. The van der Waals surface area contributed by atoms with E-state index < -0.39 is 35.6 Å². The van der Waals surface area contributed by atoms with Gasteiger partial charge in [0.25, 0.3) is 0 Å². The zero-order valence-electron chi connectivity index (χ0n) is 21.6. The van der Waals surface area contributed by atoms with Gasteiger partial charge in [-0.25, -0.2) is 0 Å². The number of aliphatic hydroxyl groups excluding tert-OH is 1. The van der Waals surface area contributed by atoms with Crippen molar-refractivity contribution in [3.8, 4) is 0 Å². The van der Waals surface area contributed by atoms with Crippen molar-refractivity contribution in [1.29, 1.82) is 0 Å². The summed E-state index contributed by atoms with van der Waals surface area (Å²) in [7, 11) is 0. The Balaban J connectivity index is 1.81. The average Bonchev–Trinajstić information content (AvgIpc) is 3.15. The number of aliphatic hydroxyl groups is 1. The third kappa shape index (κ3) is 4.33. The van der Waals surface area contributed by atoms with Gasteiger partial charge in [0.2, 0.25) is 17.7 Å². The molecule has 0 aromatic rings. The Morgan fingerprint density at radius 2 is 1.74 bits per heavy atom. The molecular weight excluding hydrogens is 446 g/mol. The lowest BCUT2D eigenvalue weighted by molar-refractivity contribution is -0.151. The molecule has 0 radical (unpaired) electrons. The summed E-state index contributed by atoms with van der Waals surface area (Å²) < 4.78 is 6.65. The minimum absolute atomic E-state index is 0.0879. The number of fused-ring (bicyclic) bond motifs is 2. The summed E-state index contributed by atoms with van der Waals surface area (Å²) in [6, 6.07) is -1.40. The second-order valence-corrected chi connectivity index (χ2v) is 10.8. The Kier molecular flexibility index (Phi) is 7.71. The van der Waals surface area contributed by atoms with E-state index in [1.807, 2.05) is 45.1 Å². The lowest BCUT2D eigenvalue weighted by Gasteiger charge is -2.39. The van der Waals surface area contributed by atoms with Gasteiger partial charge in [0.05, 0.1) is 30.6 Å². The van der Waals surface area contributed by atoms with Crippen LogP contribution in [0.5, 0.6) is 0 Å². The molecule has 4 heterocycles. The number of carbonyl (C=O) groups is 3. The molecule has 6 atom stereocenters. The lowest BCUT2D eigenvalue weighted by Crippen LogP contribution is -2.58. The van der Waals surface area contributed by atoms with Gasteiger partial charge in [-0.05, 0) is 25.2 Å². The number of carbonyl (C=O) groups excluding carboxylic acids is 3. The van der Waals surface area contributed by atoms with Crippen LogP contribution in [0.25, 0.3) is 0 Å². The van der Waals surface area contributed by atoms with E-state index in [4.69, 9.17) is 4.74 Å². The van der Waals surface area contributed by atoms with E-state index in [0.717, 1.165) is 19.3 Å². The van der Waals surface area contributed by atoms with Gasteiger partial charge in [-0.1, -0.05) is 58.4 Å². The van der Waals surface area contributed by atoms with Gasteiger partial charge in [-0.3, -0.25) is 14.4 Å². The van der Waals surface area contributed by atoms with Crippen molar-refractivity contribution in [3.05, 3.63) is 24.3 Å².